The van der Waals surface area contributed by atoms with Gasteiger partial charge in [-0.2, -0.15) is 0 Å². The molecule has 1 aromatic carbocycles. The van der Waals surface area contributed by atoms with Crippen LogP contribution in [0.4, 0.5) is 10.1 Å². The average Bonchev–Trinajstić information content (AvgIpc) is 2.39. The van der Waals surface area contributed by atoms with E-state index in [-0.39, 0.29) is 5.82 Å². The van der Waals surface area contributed by atoms with Gasteiger partial charge in [0.15, 0.2) is 0 Å². The quantitative estimate of drug-likeness (QED) is 0.843. The van der Waals surface area contributed by atoms with Crippen LogP contribution >= 0.6 is 31.9 Å². The van der Waals surface area contributed by atoms with E-state index in [1.807, 2.05) is 6.07 Å². The fourth-order valence-corrected chi connectivity index (χ4v) is 2.69. The van der Waals surface area contributed by atoms with Crippen molar-refractivity contribution >= 4 is 37.5 Å². The fraction of sp³-hybridized carbons (Fsp3) is 0.154. The summed E-state index contributed by atoms with van der Waals surface area (Å²) in [5.74, 6) is 0.138. The molecule has 6 heteroatoms. The van der Waals surface area contributed by atoms with Crippen molar-refractivity contribution in [3.8, 4) is 5.75 Å². The molecule has 19 heavy (non-hydrogen) atoms. The molecule has 0 atom stereocenters. The van der Waals surface area contributed by atoms with Crippen molar-refractivity contribution in [3.05, 3.63) is 50.9 Å². The minimum Gasteiger partial charge on any atom is -0.494 e. The average molecular weight is 390 g/mol. The Morgan fingerprint density at radius 2 is 2.11 bits per heavy atom. The topological polar surface area (TPSA) is 34.1 Å². The molecule has 0 aliphatic heterocycles. The molecule has 1 N–H and O–H groups in total. The maximum atomic E-state index is 13.1. The number of benzene rings is 1. The van der Waals surface area contributed by atoms with E-state index in [0.29, 0.717) is 12.3 Å². The van der Waals surface area contributed by atoms with Crippen molar-refractivity contribution in [2.45, 2.75) is 6.54 Å². The van der Waals surface area contributed by atoms with E-state index in [1.165, 1.54) is 19.2 Å². The van der Waals surface area contributed by atoms with E-state index in [9.17, 15) is 4.39 Å². The van der Waals surface area contributed by atoms with Crippen LogP contribution in [-0.2, 0) is 6.54 Å². The first-order valence-corrected chi connectivity index (χ1v) is 7.06. The highest BCUT2D eigenvalue weighted by Crippen LogP contribution is 2.26. The van der Waals surface area contributed by atoms with Crippen LogP contribution < -0.4 is 10.1 Å². The third-order valence-corrected chi connectivity index (χ3v) is 3.61. The van der Waals surface area contributed by atoms with Crippen LogP contribution in [0.5, 0.6) is 5.75 Å². The highest BCUT2D eigenvalue weighted by molar-refractivity contribution is 9.11. The Morgan fingerprint density at radius 3 is 2.79 bits per heavy atom. The largest absolute Gasteiger partial charge is 0.494 e. The summed E-state index contributed by atoms with van der Waals surface area (Å²) in [5.41, 5.74) is 1.58. The van der Waals surface area contributed by atoms with Crippen LogP contribution in [0.2, 0.25) is 0 Å². The predicted octanol–water partition coefficient (Wildman–Crippen LogP) is 4.37. The van der Waals surface area contributed by atoms with Crippen LogP contribution in [0.1, 0.15) is 5.69 Å². The first kappa shape index (κ1) is 14.3. The molecule has 0 radical (unpaired) electrons. The van der Waals surface area contributed by atoms with Crippen molar-refractivity contribution in [2.24, 2.45) is 0 Å². The van der Waals surface area contributed by atoms with Crippen LogP contribution in [0.3, 0.4) is 0 Å². The second kappa shape index (κ2) is 6.34. The molecule has 0 saturated carbocycles. The van der Waals surface area contributed by atoms with Crippen LogP contribution in [0.25, 0.3) is 0 Å². The zero-order chi connectivity index (χ0) is 13.8. The molecule has 2 rings (SSSR count). The lowest BCUT2D eigenvalue weighted by atomic mass is 10.2. The van der Waals surface area contributed by atoms with E-state index in [1.54, 1.807) is 12.3 Å². The predicted molar refractivity (Wildman–Crippen MR) is 79.9 cm³/mol. The highest BCUT2D eigenvalue weighted by Gasteiger charge is 2.06. The van der Waals surface area contributed by atoms with Gasteiger partial charge >= 0.3 is 0 Å². The van der Waals surface area contributed by atoms with Gasteiger partial charge < -0.3 is 10.1 Å². The zero-order valence-corrected chi connectivity index (χ0v) is 13.3. The molecular weight excluding hydrogens is 379 g/mol. The maximum absolute atomic E-state index is 13.1. The molecule has 0 fully saturated rings. The summed E-state index contributed by atoms with van der Waals surface area (Å²) in [6.45, 7) is 0.510. The van der Waals surface area contributed by atoms with E-state index in [2.05, 4.69) is 42.2 Å². The summed E-state index contributed by atoms with van der Waals surface area (Å²) in [6, 6.07) is 6.29. The fourth-order valence-electron chi connectivity index (χ4n) is 1.56. The first-order chi connectivity index (χ1) is 9.10. The van der Waals surface area contributed by atoms with Crippen molar-refractivity contribution in [1.82, 2.24) is 4.98 Å². The standard InChI is InChI=1S/C13H11Br2FN2O/c1-19-13-5-9(16)2-3-11(13)18-7-12-10(15)4-8(14)6-17-12/h2-6,18H,7H2,1H3. The lowest BCUT2D eigenvalue weighted by molar-refractivity contribution is 0.413. The van der Waals surface area contributed by atoms with Crippen LogP contribution in [0, 0.1) is 5.82 Å². The number of nitrogens with one attached hydrogen (secondary N) is 1. The molecule has 0 amide bonds. The molecule has 2 aromatic rings. The molecule has 0 aliphatic carbocycles. The molecule has 0 bridgehead atoms. The molecule has 0 saturated heterocycles. The number of nitrogens with zero attached hydrogens (tertiary/aromatic N) is 1. The number of hydrogen-bond donors (Lipinski definition) is 1. The summed E-state index contributed by atoms with van der Waals surface area (Å²) >= 11 is 6.79. The normalized spacial score (nSPS) is 10.3. The molecular formula is C13H11Br2FN2O. The van der Waals surface area contributed by atoms with Gasteiger partial charge in [-0.15, -0.1) is 0 Å². The summed E-state index contributed by atoms with van der Waals surface area (Å²) in [7, 11) is 1.51. The van der Waals surface area contributed by atoms with Gasteiger partial charge in [-0.1, -0.05) is 0 Å². The lowest BCUT2D eigenvalue weighted by Gasteiger charge is -2.11. The van der Waals surface area contributed by atoms with Gasteiger partial charge in [-0.25, -0.2) is 4.39 Å². The number of hydrogen-bond acceptors (Lipinski definition) is 3. The second-order valence-electron chi connectivity index (χ2n) is 3.78. The van der Waals surface area contributed by atoms with Crippen molar-refractivity contribution < 1.29 is 9.13 Å². The summed E-state index contributed by atoms with van der Waals surface area (Å²) in [5, 5.41) is 3.17. The van der Waals surface area contributed by atoms with Gasteiger partial charge in [-0.3, -0.25) is 4.98 Å². The summed E-state index contributed by atoms with van der Waals surface area (Å²) < 4.78 is 20.0. The second-order valence-corrected chi connectivity index (χ2v) is 5.55. The van der Waals surface area contributed by atoms with Gasteiger partial charge in [0.1, 0.15) is 11.6 Å². The van der Waals surface area contributed by atoms with Gasteiger partial charge in [0.25, 0.3) is 0 Å². The van der Waals surface area contributed by atoms with Crippen LogP contribution in [-0.4, -0.2) is 12.1 Å². The van der Waals surface area contributed by atoms with Crippen molar-refractivity contribution in [1.29, 1.82) is 0 Å². The third-order valence-electron chi connectivity index (χ3n) is 2.49. The number of ether oxygens (including phenoxy) is 1. The van der Waals surface area contributed by atoms with Gasteiger partial charge in [0, 0.05) is 21.2 Å². The maximum Gasteiger partial charge on any atom is 0.144 e. The molecule has 0 unspecified atom stereocenters. The molecule has 3 nitrogen and oxygen atoms in total. The molecule has 1 aromatic heterocycles. The molecule has 1 heterocycles. The SMILES string of the molecule is COc1cc(F)ccc1NCc1ncc(Br)cc1Br. The smallest absolute Gasteiger partial charge is 0.144 e. The number of methoxy groups -OCH3 is 1. The number of rotatable bonds is 4. The van der Waals surface area contributed by atoms with Crippen molar-refractivity contribution in [3.63, 3.8) is 0 Å². The third kappa shape index (κ3) is 3.67. The van der Waals surface area contributed by atoms with Gasteiger partial charge in [0.2, 0.25) is 0 Å². The van der Waals surface area contributed by atoms with Gasteiger partial charge in [0.05, 0.1) is 25.0 Å². The number of aromatic nitrogens is 1. The zero-order valence-electron chi connectivity index (χ0n) is 10.1. The number of pyridine rings is 1. The summed E-state index contributed by atoms with van der Waals surface area (Å²) in [6.07, 6.45) is 1.73. The van der Waals surface area contributed by atoms with E-state index in [4.69, 9.17) is 4.74 Å². The molecule has 0 spiro atoms. The Balaban J connectivity index is 2.14. The Morgan fingerprint density at radius 1 is 1.32 bits per heavy atom. The Labute approximate surface area is 127 Å². The molecule has 100 valence electrons. The van der Waals surface area contributed by atoms with Crippen molar-refractivity contribution in [2.75, 3.05) is 12.4 Å². The number of halogens is 3. The first-order valence-electron chi connectivity index (χ1n) is 5.47. The number of anilines is 1. The minimum atomic E-state index is -0.328. The van der Waals surface area contributed by atoms with E-state index < -0.39 is 0 Å². The Kier molecular flexibility index (Phi) is 4.76. The Bertz CT molecular complexity index is 593. The monoisotopic (exact) mass is 388 g/mol. The van der Waals surface area contributed by atoms with Gasteiger partial charge in [-0.05, 0) is 50.1 Å². The highest BCUT2D eigenvalue weighted by atomic mass is 79.9. The Hall–Kier alpha value is -1.14. The van der Waals surface area contributed by atoms with E-state index in [0.717, 1.165) is 20.3 Å². The van der Waals surface area contributed by atoms with E-state index >= 15 is 0 Å². The molecule has 0 aliphatic rings. The summed E-state index contributed by atoms with van der Waals surface area (Å²) in [4.78, 5) is 4.29. The van der Waals surface area contributed by atoms with Crippen LogP contribution in [0.15, 0.2) is 39.4 Å². The minimum absolute atomic E-state index is 0.328. The lowest BCUT2D eigenvalue weighted by Crippen LogP contribution is -2.04.